The molecule has 4 aliphatic rings. The minimum absolute atomic E-state index is 0.185. The molecule has 2 bridgehead atoms. The second kappa shape index (κ2) is 7.31. The van der Waals surface area contributed by atoms with Crippen LogP contribution in [0.1, 0.15) is 65.7 Å². The van der Waals surface area contributed by atoms with E-state index in [1.54, 1.807) is 0 Å². The van der Waals surface area contributed by atoms with Crippen molar-refractivity contribution in [2.75, 3.05) is 20.2 Å². The van der Waals surface area contributed by atoms with Gasteiger partial charge in [-0.2, -0.15) is 0 Å². The Bertz CT molecular complexity index is 520. The number of nitrogens with one attached hydrogen (secondary N) is 2. The Morgan fingerprint density at radius 3 is 2.54 bits per heavy atom. The maximum Gasteiger partial charge on any atom is 0.191 e. The normalized spacial score (nSPS) is 42.5. The van der Waals surface area contributed by atoms with Crippen LogP contribution in [0.15, 0.2) is 4.99 Å². The summed E-state index contributed by atoms with van der Waals surface area (Å²) in [6.45, 7) is 8.59. The van der Waals surface area contributed by atoms with Crippen LogP contribution >= 0.6 is 0 Å². The first-order chi connectivity index (χ1) is 12.5. The van der Waals surface area contributed by atoms with Gasteiger partial charge in [0, 0.05) is 48.7 Å². The van der Waals surface area contributed by atoms with E-state index in [2.05, 4.69) is 43.4 Å². The molecule has 1 aliphatic carbocycles. The average molecular weight is 363 g/mol. The van der Waals surface area contributed by atoms with Gasteiger partial charge in [0.25, 0.3) is 0 Å². The predicted octanol–water partition coefficient (Wildman–Crippen LogP) is 2.76. The number of piperidine rings is 2. The molecule has 1 saturated carbocycles. The molecule has 5 atom stereocenters. The Morgan fingerprint density at radius 2 is 1.85 bits per heavy atom. The zero-order chi connectivity index (χ0) is 18.3. The lowest BCUT2D eigenvalue weighted by Gasteiger charge is -2.60. The smallest absolute Gasteiger partial charge is 0.191 e. The monoisotopic (exact) mass is 362 g/mol. The fourth-order valence-corrected chi connectivity index (χ4v) is 6.18. The van der Waals surface area contributed by atoms with Gasteiger partial charge in [0.1, 0.15) is 0 Å². The second-order valence-electron chi connectivity index (χ2n) is 9.58. The van der Waals surface area contributed by atoms with Gasteiger partial charge in [-0.05, 0) is 52.5 Å². The van der Waals surface area contributed by atoms with Crippen LogP contribution in [0.5, 0.6) is 0 Å². The van der Waals surface area contributed by atoms with E-state index in [-0.39, 0.29) is 5.41 Å². The summed E-state index contributed by atoms with van der Waals surface area (Å²) in [4.78, 5) is 7.43. The summed E-state index contributed by atoms with van der Waals surface area (Å²) < 4.78 is 6.07. The fraction of sp³-hybridized carbons (Fsp3) is 0.952. The molecule has 3 aliphatic heterocycles. The molecule has 2 N–H and O–H groups in total. The van der Waals surface area contributed by atoms with Crippen LogP contribution in [0.2, 0.25) is 0 Å². The molecule has 4 rings (SSSR count). The first-order valence-corrected chi connectivity index (χ1v) is 10.9. The molecule has 5 unspecified atom stereocenters. The maximum absolute atomic E-state index is 6.07. The number of ether oxygens (including phenoxy) is 1. The Balaban J connectivity index is 1.40. The molecule has 0 aromatic rings. The number of nitrogens with zero attached hydrogens (tertiary/aromatic N) is 2. The van der Waals surface area contributed by atoms with E-state index in [9.17, 15) is 0 Å². The van der Waals surface area contributed by atoms with Gasteiger partial charge in [-0.25, -0.2) is 0 Å². The van der Waals surface area contributed by atoms with Gasteiger partial charge in [0.05, 0.1) is 6.10 Å². The summed E-state index contributed by atoms with van der Waals surface area (Å²) >= 11 is 0. The van der Waals surface area contributed by atoms with E-state index in [1.165, 1.54) is 44.9 Å². The zero-order valence-corrected chi connectivity index (χ0v) is 17.1. The van der Waals surface area contributed by atoms with Crippen LogP contribution in [-0.2, 0) is 4.74 Å². The fourth-order valence-electron chi connectivity index (χ4n) is 6.18. The Morgan fingerprint density at radius 1 is 1.12 bits per heavy atom. The molecule has 3 saturated heterocycles. The molecule has 5 heteroatoms. The highest BCUT2D eigenvalue weighted by Crippen LogP contribution is 2.51. The van der Waals surface area contributed by atoms with Crippen LogP contribution in [0.4, 0.5) is 0 Å². The van der Waals surface area contributed by atoms with Crippen molar-refractivity contribution < 1.29 is 4.74 Å². The summed E-state index contributed by atoms with van der Waals surface area (Å²) in [6.07, 6.45) is 9.51. The van der Waals surface area contributed by atoms with Crippen molar-refractivity contribution in [2.45, 2.75) is 96.0 Å². The van der Waals surface area contributed by atoms with Crippen LogP contribution < -0.4 is 10.6 Å². The quantitative estimate of drug-likeness (QED) is 0.599. The van der Waals surface area contributed by atoms with Gasteiger partial charge >= 0.3 is 0 Å². The lowest BCUT2D eigenvalue weighted by molar-refractivity contribution is -0.188. The maximum atomic E-state index is 6.07. The summed E-state index contributed by atoms with van der Waals surface area (Å²) in [5.41, 5.74) is 0.185. The van der Waals surface area contributed by atoms with Gasteiger partial charge in [0.2, 0.25) is 0 Å². The van der Waals surface area contributed by atoms with E-state index < -0.39 is 0 Å². The van der Waals surface area contributed by atoms with Crippen molar-refractivity contribution in [2.24, 2.45) is 16.3 Å². The molecule has 0 aromatic carbocycles. The highest BCUT2D eigenvalue weighted by molar-refractivity contribution is 5.80. The van der Waals surface area contributed by atoms with E-state index in [4.69, 9.17) is 9.73 Å². The van der Waals surface area contributed by atoms with E-state index in [0.29, 0.717) is 24.1 Å². The first-order valence-electron chi connectivity index (χ1n) is 10.9. The standard InChI is InChI=1S/C21H38N4O/c1-5-22-20(23-14-12-15-8-6-9-16(13-14)25(15)4)24-18-17-10-7-11-26-19(17)21(18,2)3/h14-19H,5-13H2,1-4H3,(H2,22,23,24). The van der Waals surface area contributed by atoms with Gasteiger partial charge < -0.3 is 20.3 Å². The number of hydrogen-bond donors (Lipinski definition) is 2. The van der Waals surface area contributed by atoms with Gasteiger partial charge in [-0.3, -0.25) is 4.99 Å². The Kier molecular flexibility index (Phi) is 5.21. The molecule has 0 amide bonds. The highest BCUT2D eigenvalue weighted by atomic mass is 16.5. The van der Waals surface area contributed by atoms with Gasteiger partial charge in [0.15, 0.2) is 5.96 Å². The SMILES string of the molecule is CCN=C(NC1CC2CCCC(C1)N2C)NC1C2CCCOC2C1(C)C. The number of fused-ring (bicyclic) bond motifs is 3. The number of guanidine groups is 1. The molecular formula is C21H38N4O. The topological polar surface area (TPSA) is 48.9 Å². The molecular weight excluding hydrogens is 324 g/mol. The van der Waals surface area contributed by atoms with Crippen LogP contribution in [0, 0.1) is 11.3 Å². The molecule has 148 valence electrons. The Labute approximate surface area is 159 Å². The van der Waals surface area contributed by atoms with Crippen molar-refractivity contribution in [1.82, 2.24) is 15.5 Å². The Hall–Kier alpha value is -0.810. The summed E-state index contributed by atoms with van der Waals surface area (Å²) in [6, 6.07) is 2.52. The predicted molar refractivity (Wildman–Crippen MR) is 106 cm³/mol. The summed E-state index contributed by atoms with van der Waals surface area (Å²) in [5.74, 6) is 1.67. The number of aliphatic imine (C=N–C) groups is 1. The third kappa shape index (κ3) is 3.26. The molecule has 3 heterocycles. The third-order valence-corrected chi connectivity index (χ3v) is 7.62. The molecule has 0 aromatic heterocycles. The second-order valence-corrected chi connectivity index (χ2v) is 9.58. The van der Waals surface area contributed by atoms with E-state index in [1.807, 2.05) is 0 Å². The van der Waals surface area contributed by atoms with Crippen LogP contribution in [-0.4, -0.2) is 61.3 Å². The van der Waals surface area contributed by atoms with Crippen molar-refractivity contribution in [3.05, 3.63) is 0 Å². The molecule has 4 fully saturated rings. The van der Waals surface area contributed by atoms with Gasteiger partial charge in [-0.1, -0.05) is 20.3 Å². The molecule has 26 heavy (non-hydrogen) atoms. The van der Waals surface area contributed by atoms with Crippen molar-refractivity contribution in [3.8, 4) is 0 Å². The van der Waals surface area contributed by atoms with E-state index in [0.717, 1.165) is 31.2 Å². The van der Waals surface area contributed by atoms with Crippen molar-refractivity contribution in [1.29, 1.82) is 0 Å². The van der Waals surface area contributed by atoms with Crippen LogP contribution in [0.3, 0.4) is 0 Å². The van der Waals surface area contributed by atoms with Crippen molar-refractivity contribution in [3.63, 3.8) is 0 Å². The minimum Gasteiger partial charge on any atom is -0.377 e. The molecule has 0 radical (unpaired) electrons. The summed E-state index contributed by atoms with van der Waals surface area (Å²) in [5, 5.41) is 7.62. The summed E-state index contributed by atoms with van der Waals surface area (Å²) in [7, 11) is 2.32. The van der Waals surface area contributed by atoms with Gasteiger partial charge in [-0.15, -0.1) is 0 Å². The number of rotatable bonds is 3. The largest absolute Gasteiger partial charge is 0.377 e. The van der Waals surface area contributed by atoms with Crippen molar-refractivity contribution >= 4 is 5.96 Å². The van der Waals surface area contributed by atoms with Crippen LogP contribution in [0.25, 0.3) is 0 Å². The average Bonchev–Trinajstić information content (AvgIpc) is 2.60. The third-order valence-electron chi connectivity index (χ3n) is 7.62. The zero-order valence-electron chi connectivity index (χ0n) is 17.1. The highest BCUT2D eigenvalue weighted by Gasteiger charge is 2.58. The lowest BCUT2D eigenvalue weighted by Crippen LogP contribution is -2.71. The molecule has 5 nitrogen and oxygen atoms in total. The number of hydrogen-bond acceptors (Lipinski definition) is 3. The minimum atomic E-state index is 0.185. The first kappa shape index (κ1) is 18.5. The van der Waals surface area contributed by atoms with E-state index >= 15 is 0 Å². The lowest BCUT2D eigenvalue weighted by atomic mass is 9.55. The molecule has 0 spiro atoms.